The van der Waals surface area contributed by atoms with E-state index in [1.807, 2.05) is 19.0 Å². The van der Waals surface area contributed by atoms with Crippen LogP contribution >= 0.6 is 0 Å². The highest BCUT2D eigenvalue weighted by atomic mass is 16.7. The van der Waals surface area contributed by atoms with Crippen molar-refractivity contribution in [3.63, 3.8) is 0 Å². The summed E-state index contributed by atoms with van der Waals surface area (Å²) in [5.41, 5.74) is 1.06. The number of hydrogen-bond donors (Lipinski definition) is 2. The summed E-state index contributed by atoms with van der Waals surface area (Å²) in [5, 5.41) is 9.63. The monoisotopic (exact) mass is 332 g/mol. The van der Waals surface area contributed by atoms with E-state index >= 15 is 0 Å². The van der Waals surface area contributed by atoms with Crippen LogP contribution in [0, 0.1) is 0 Å². The zero-order valence-corrected chi connectivity index (χ0v) is 13.7. The lowest BCUT2D eigenvalue weighted by Gasteiger charge is -2.09. The summed E-state index contributed by atoms with van der Waals surface area (Å²) in [6.45, 7) is 1.85. The van der Waals surface area contributed by atoms with Crippen molar-refractivity contribution in [1.82, 2.24) is 20.4 Å². The summed E-state index contributed by atoms with van der Waals surface area (Å²) in [6.07, 6.45) is 0. The number of nitrogens with zero attached hydrogens (tertiary/aromatic N) is 2. The number of fused-ring (bicyclic) bond motifs is 1. The fourth-order valence-electron chi connectivity index (χ4n) is 2.16. The number of hydrogen-bond acceptors (Lipinski definition) is 6. The normalized spacial score (nSPS) is 12.5. The van der Waals surface area contributed by atoms with Gasteiger partial charge in [0.1, 0.15) is 18.1 Å². The van der Waals surface area contributed by atoms with Crippen molar-refractivity contribution in [2.75, 3.05) is 34.0 Å². The molecule has 0 spiro atoms. The van der Waals surface area contributed by atoms with Crippen LogP contribution in [0.5, 0.6) is 17.2 Å². The first-order chi connectivity index (χ1) is 11.6. The fraction of sp³-hybridized carbons (Fsp3) is 0.375. The molecule has 1 aliphatic heterocycles. The van der Waals surface area contributed by atoms with Gasteiger partial charge >= 0.3 is 0 Å². The zero-order valence-electron chi connectivity index (χ0n) is 13.7. The number of aromatic nitrogens is 2. The second-order valence-corrected chi connectivity index (χ2v) is 5.64. The molecule has 2 heterocycles. The molecule has 0 radical (unpaired) electrons. The minimum absolute atomic E-state index is 0.206. The standard InChI is InChI=1S/C16H20N4O4/c1-20(2)6-5-17-16(21)13-7-11(18-19-13)9-22-12-3-4-14-15(8-12)24-10-23-14/h3-4,7-8H,5-6,9-10H2,1-2H3,(H,17,21)(H,18,19). The van der Waals surface area contributed by atoms with Gasteiger partial charge in [-0.3, -0.25) is 9.89 Å². The summed E-state index contributed by atoms with van der Waals surface area (Å²) in [5.74, 6) is 1.83. The van der Waals surface area contributed by atoms with Gasteiger partial charge in [0.2, 0.25) is 6.79 Å². The van der Waals surface area contributed by atoms with Crippen molar-refractivity contribution in [3.8, 4) is 17.2 Å². The molecule has 0 aliphatic carbocycles. The number of likely N-dealkylation sites (N-methyl/N-ethyl adjacent to an activating group) is 1. The summed E-state index contributed by atoms with van der Waals surface area (Å²) in [4.78, 5) is 14.0. The molecular formula is C16H20N4O4. The maximum Gasteiger partial charge on any atom is 0.271 e. The van der Waals surface area contributed by atoms with E-state index in [1.54, 1.807) is 24.3 Å². The first kappa shape index (κ1) is 16.1. The molecule has 0 atom stereocenters. The van der Waals surface area contributed by atoms with E-state index < -0.39 is 0 Å². The largest absolute Gasteiger partial charge is 0.487 e. The molecular weight excluding hydrogens is 312 g/mol. The first-order valence-corrected chi connectivity index (χ1v) is 7.61. The third-order valence-electron chi connectivity index (χ3n) is 3.45. The number of carbonyl (C=O) groups is 1. The average molecular weight is 332 g/mol. The Morgan fingerprint density at radius 1 is 1.33 bits per heavy atom. The van der Waals surface area contributed by atoms with Gasteiger partial charge in [0.15, 0.2) is 11.5 Å². The summed E-state index contributed by atoms with van der Waals surface area (Å²) in [6, 6.07) is 7.05. The predicted octanol–water partition coefficient (Wildman–Crippen LogP) is 1.01. The van der Waals surface area contributed by atoms with Gasteiger partial charge in [-0.15, -0.1) is 0 Å². The maximum atomic E-state index is 12.0. The van der Waals surface area contributed by atoms with Crippen molar-refractivity contribution in [3.05, 3.63) is 35.7 Å². The van der Waals surface area contributed by atoms with Gasteiger partial charge in [-0.25, -0.2) is 0 Å². The summed E-state index contributed by atoms with van der Waals surface area (Å²) < 4.78 is 16.2. The molecule has 3 rings (SSSR count). The molecule has 2 aromatic rings. The van der Waals surface area contributed by atoms with Crippen LogP contribution in [-0.4, -0.2) is 55.0 Å². The SMILES string of the molecule is CN(C)CCNC(=O)c1cc(COc2ccc3c(c2)OCO3)[nH]n1. The third kappa shape index (κ3) is 3.96. The Morgan fingerprint density at radius 2 is 2.17 bits per heavy atom. The highest BCUT2D eigenvalue weighted by Crippen LogP contribution is 2.35. The fourth-order valence-corrected chi connectivity index (χ4v) is 2.16. The minimum atomic E-state index is -0.206. The smallest absolute Gasteiger partial charge is 0.271 e. The predicted molar refractivity (Wildman–Crippen MR) is 86.4 cm³/mol. The second-order valence-electron chi connectivity index (χ2n) is 5.64. The highest BCUT2D eigenvalue weighted by Gasteiger charge is 2.14. The zero-order chi connectivity index (χ0) is 16.9. The van der Waals surface area contributed by atoms with Crippen LogP contribution in [0.4, 0.5) is 0 Å². The van der Waals surface area contributed by atoms with Gasteiger partial charge in [0, 0.05) is 19.2 Å². The lowest BCUT2D eigenvalue weighted by atomic mass is 10.3. The Bertz CT molecular complexity index is 714. The first-order valence-electron chi connectivity index (χ1n) is 7.61. The average Bonchev–Trinajstić information content (AvgIpc) is 3.21. The van der Waals surface area contributed by atoms with Crippen LogP contribution in [0.1, 0.15) is 16.2 Å². The number of nitrogens with one attached hydrogen (secondary N) is 2. The number of H-pyrrole nitrogens is 1. The molecule has 0 fully saturated rings. The van der Waals surface area contributed by atoms with Crippen LogP contribution in [0.3, 0.4) is 0 Å². The van der Waals surface area contributed by atoms with Crippen LogP contribution in [0.2, 0.25) is 0 Å². The Labute approximate surface area is 139 Å². The van der Waals surface area contributed by atoms with Crippen molar-refractivity contribution in [2.24, 2.45) is 0 Å². The molecule has 128 valence electrons. The summed E-state index contributed by atoms with van der Waals surface area (Å²) >= 11 is 0. The molecule has 1 amide bonds. The van der Waals surface area contributed by atoms with E-state index in [9.17, 15) is 4.79 Å². The van der Waals surface area contributed by atoms with Gasteiger partial charge in [0.05, 0.1) is 5.69 Å². The van der Waals surface area contributed by atoms with Crippen LogP contribution in [0.25, 0.3) is 0 Å². The van der Waals surface area contributed by atoms with Crippen LogP contribution in [-0.2, 0) is 6.61 Å². The van der Waals surface area contributed by atoms with Gasteiger partial charge in [0.25, 0.3) is 5.91 Å². The molecule has 1 aromatic carbocycles. The lowest BCUT2D eigenvalue weighted by Crippen LogP contribution is -2.31. The van der Waals surface area contributed by atoms with Gasteiger partial charge in [-0.2, -0.15) is 5.10 Å². The molecule has 8 heteroatoms. The van der Waals surface area contributed by atoms with E-state index in [0.717, 1.165) is 6.54 Å². The minimum Gasteiger partial charge on any atom is -0.487 e. The molecule has 1 aliphatic rings. The number of rotatable bonds is 7. The van der Waals surface area contributed by atoms with Gasteiger partial charge < -0.3 is 24.4 Å². The Balaban J connectivity index is 1.51. The Kier molecular flexibility index (Phi) is 4.85. The number of carbonyl (C=O) groups excluding carboxylic acids is 1. The molecule has 0 unspecified atom stereocenters. The van der Waals surface area contributed by atoms with Crippen LogP contribution < -0.4 is 19.5 Å². The van der Waals surface area contributed by atoms with Crippen molar-refractivity contribution >= 4 is 5.91 Å². The second kappa shape index (κ2) is 7.22. The molecule has 0 saturated heterocycles. The molecule has 8 nitrogen and oxygen atoms in total. The maximum absolute atomic E-state index is 12.0. The third-order valence-corrected chi connectivity index (χ3v) is 3.45. The Hall–Kier alpha value is -2.74. The van der Waals surface area contributed by atoms with E-state index in [-0.39, 0.29) is 19.3 Å². The van der Waals surface area contributed by atoms with Crippen LogP contribution in [0.15, 0.2) is 24.3 Å². The molecule has 24 heavy (non-hydrogen) atoms. The number of aromatic amines is 1. The number of amides is 1. The number of ether oxygens (including phenoxy) is 3. The molecule has 2 N–H and O–H groups in total. The lowest BCUT2D eigenvalue weighted by molar-refractivity contribution is 0.0946. The van der Waals surface area contributed by atoms with Crippen molar-refractivity contribution < 1.29 is 19.0 Å². The van der Waals surface area contributed by atoms with E-state index in [4.69, 9.17) is 14.2 Å². The van der Waals surface area contributed by atoms with Crippen molar-refractivity contribution in [1.29, 1.82) is 0 Å². The van der Waals surface area contributed by atoms with E-state index in [2.05, 4.69) is 15.5 Å². The van der Waals surface area contributed by atoms with Gasteiger partial charge in [-0.1, -0.05) is 0 Å². The Morgan fingerprint density at radius 3 is 3.00 bits per heavy atom. The molecule has 1 aromatic heterocycles. The molecule has 0 saturated carbocycles. The van der Waals surface area contributed by atoms with E-state index in [1.165, 1.54) is 0 Å². The van der Waals surface area contributed by atoms with E-state index in [0.29, 0.717) is 35.2 Å². The highest BCUT2D eigenvalue weighted by molar-refractivity contribution is 5.92. The summed E-state index contributed by atoms with van der Waals surface area (Å²) in [7, 11) is 3.90. The quantitative estimate of drug-likeness (QED) is 0.787. The van der Waals surface area contributed by atoms with Crippen molar-refractivity contribution in [2.45, 2.75) is 6.61 Å². The topological polar surface area (TPSA) is 88.7 Å². The van der Waals surface area contributed by atoms with Gasteiger partial charge in [-0.05, 0) is 32.3 Å². The molecule has 0 bridgehead atoms. The number of benzene rings is 1.